The van der Waals surface area contributed by atoms with Crippen LogP contribution in [-0.2, 0) is 16.1 Å². The largest absolute Gasteiger partial charge is 0.500 e. The van der Waals surface area contributed by atoms with Crippen molar-refractivity contribution in [2.75, 3.05) is 7.11 Å². The molecular weight excluding hydrogens is 374 g/mol. The number of urea groups is 1. The molecule has 0 bridgehead atoms. The third-order valence-corrected chi connectivity index (χ3v) is 3.88. The molecule has 0 aliphatic carbocycles. The number of nitro benzene ring substituents is 1. The van der Waals surface area contributed by atoms with Gasteiger partial charge in [-0.15, -0.1) is 0 Å². The van der Waals surface area contributed by atoms with Crippen LogP contribution in [0.25, 0.3) is 6.08 Å². The molecule has 1 aromatic heterocycles. The van der Waals surface area contributed by atoms with Crippen LogP contribution in [0.15, 0.2) is 40.5 Å². The van der Waals surface area contributed by atoms with E-state index < -0.39 is 39.8 Å². The molecule has 0 radical (unpaired) electrons. The third-order valence-electron chi connectivity index (χ3n) is 3.88. The van der Waals surface area contributed by atoms with E-state index in [1.807, 2.05) is 5.32 Å². The van der Waals surface area contributed by atoms with Crippen molar-refractivity contribution in [3.05, 3.63) is 57.5 Å². The predicted molar refractivity (Wildman–Crippen MR) is 92.1 cm³/mol. The summed E-state index contributed by atoms with van der Waals surface area (Å²) < 4.78 is 9.98. The first kappa shape index (κ1) is 18.6. The van der Waals surface area contributed by atoms with E-state index in [0.717, 1.165) is 17.0 Å². The molecule has 144 valence electrons. The van der Waals surface area contributed by atoms with E-state index in [1.165, 1.54) is 19.4 Å². The number of rotatable bonds is 5. The minimum atomic E-state index is -0.958. The Balaban J connectivity index is 2.01. The molecule has 1 aromatic carbocycles. The highest BCUT2D eigenvalue weighted by atomic mass is 16.6. The fourth-order valence-electron chi connectivity index (χ4n) is 2.55. The van der Waals surface area contributed by atoms with E-state index in [1.54, 1.807) is 12.1 Å². The number of carbonyl (C=O) groups excluding carboxylic acids is 3. The number of nitrogens with one attached hydrogen (secondary N) is 1. The molecule has 0 unspecified atom stereocenters. The molecule has 28 heavy (non-hydrogen) atoms. The average molecular weight is 387 g/mol. The van der Waals surface area contributed by atoms with Crippen LogP contribution in [0.1, 0.15) is 11.3 Å². The van der Waals surface area contributed by atoms with Gasteiger partial charge in [-0.2, -0.15) is 0 Å². The Bertz CT molecular complexity index is 1010. The summed E-state index contributed by atoms with van der Waals surface area (Å²) >= 11 is 0. The Labute approximate surface area is 156 Å². The number of phenolic OH excluding ortho intramolecular Hbond substituents is 1. The number of imide groups is 2. The van der Waals surface area contributed by atoms with Crippen molar-refractivity contribution in [2.45, 2.75) is 6.54 Å². The number of nitrogens with zero attached hydrogens (tertiary/aromatic N) is 2. The Hall–Kier alpha value is -4.15. The fraction of sp³-hybridized carbons (Fsp3) is 0.118. The van der Waals surface area contributed by atoms with Crippen molar-refractivity contribution in [3.8, 4) is 11.5 Å². The average Bonchev–Trinajstić information content (AvgIpc) is 3.16. The number of ether oxygens (including phenoxy) is 1. The molecule has 0 saturated carbocycles. The zero-order chi connectivity index (χ0) is 20.4. The molecule has 3 rings (SSSR count). The first-order chi connectivity index (χ1) is 13.3. The number of carbonyl (C=O) groups is 3. The number of hydrogen-bond acceptors (Lipinski definition) is 8. The maximum absolute atomic E-state index is 12.6. The second kappa shape index (κ2) is 7.23. The predicted octanol–water partition coefficient (Wildman–Crippen LogP) is 1.56. The number of barbiturate groups is 1. The van der Waals surface area contributed by atoms with Gasteiger partial charge in [0.1, 0.15) is 11.3 Å². The lowest BCUT2D eigenvalue weighted by Crippen LogP contribution is -2.53. The normalized spacial score (nSPS) is 15.7. The van der Waals surface area contributed by atoms with Gasteiger partial charge in [-0.1, -0.05) is 0 Å². The highest BCUT2D eigenvalue weighted by molar-refractivity contribution is 6.30. The summed E-state index contributed by atoms with van der Waals surface area (Å²) in [6.45, 7) is -0.207. The molecule has 11 heteroatoms. The number of amides is 4. The molecule has 0 atom stereocenters. The van der Waals surface area contributed by atoms with Crippen molar-refractivity contribution < 1.29 is 33.6 Å². The van der Waals surface area contributed by atoms with Crippen LogP contribution in [-0.4, -0.2) is 39.9 Å². The first-order valence-corrected chi connectivity index (χ1v) is 7.78. The van der Waals surface area contributed by atoms with E-state index in [0.29, 0.717) is 5.76 Å². The topological polar surface area (TPSA) is 152 Å². The molecule has 2 N–H and O–H groups in total. The van der Waals surface area contributed by atoms with Gasteiger partial charge in [-0.05, 0) is 29.8 Å². The smallest absolute Gasteiger partial charge is 0.331 e. The van der Waals surface area contributed by atoms with Gasteiger partial charge >= 0.3 is 11.7 Å². The quantitative estimate of drug-likeness (QED) is 0.339. The summed E-state index contributed by atoms with van der Waals surface area (Å²) in [5.41, 5.74) is -1.04. The Morgan fingerprint density at radius 2 is 2.11 bits per heavy atom. The van der Waals surface area contributed by atoms with Gasteiger partial charge in [0.2, 0.25) is 5.75 Å². The molecule has 2 aromatic rings. The van der Waals surface area contributed by atoms with Gasteiger partial charge in [0, 0.05) is 6.07 Å². The molecule has 1 saturated heterocycles. The van der Waals surface area contributed by atoms with Gasteiger partial charge in [-0.25, -0.2) is 4.79 Å². The van der Waals surface area contributed by atoms with E-state index in [4.69, 9.17) is 9.15 Å². The van der Waals surface area contributed by atoms with Gasteiger partial charge in [0.25, 0.3) is 11.8 Å². The van der Waals surface area contributed by atoms with E-state index in [-0.39, 0.29) is 17.9 Å². The van der Waals surface area contributed by atoms with Gasteiger partial charge < -0.3 is 14.3 Å². The number of phenols is 1. The summed E-state index contributed by atoms with van der Waals surface area (Å²) in [5, 5.41) is 22.9. The summed E-state index contributed by atoms with van der Waals surface area (Å²) in [6, 6.07) is 4.39. The number of benzene rings is 1. The highest BCUT2D eigenvalue weighted by Crippen LogP contribution is 2.37. The molecule has 0 spiro atoms. The van der Waals surface area contributed by atoms with Crippen LogP contribution >= 0.6 is 0 Å². The molecule has 1 aliphatic rings. The Morgan fingerprint density at radius 1 is 1.36 bits per heavy atom. The second-order valence-corrected chi connectivity index (χ2v) is 5.64. The standard InChI is InChI=1S/C17H13N3O8/c1-27-13-7-9(6-12(14(13)21)20(25)26)5-11-15(22)18-17(24)19(16(11)23)8-10-3-2-4-28-10/h2-7,21H,8H2,1H3,(H,18,22,24). The lowest BCUT2D eigenvalue weighted by Gasteiger charge is -2.25. The molecule has 2 heterocycles. The van der Waals surface area contributed by atoms with Crippen molar-refractivity contribution >= 4 is 29.6 Å². The number of aromatic hydroxyl groups is 1. The SMILES string of the molecule is COc1cc(C=C2C(=O)NC(=O)N(Cc3ccco3)C2=O)cc([N+](=O)[O-])c1O. The highest BCUT2D eigenvalue weighted by Gasteiger charge is 2.36. The third kappa shape index (κ3) is 3.40. The summed E-state index contributed by atoms with van der Waals surface area (Å²) in [7, 11) is 1.19. The number of hydrogen-bond donors (Lipinski definition) is 2. The van der Waals surface area contributed by atoms with Crippen molar-refractivity contribution in [1.82, 2.24) is 10.2 Å². The van der Waals surface area contributed by atoms with Gasteiger partial charge in [0.05, 0.1) is 24.8 Å². The first-order valence-electron chi connectivity index (χ1n) is 7.78. The van der Waals surface area contributed by atoms with E-state index in [2.05, 4.69) is 0 Å². The van der Waals surface area contributed by atoms with E-state index in [9.17, 15) is 29.6 Å². The fourth-order valence-corrected chi connectivity index (χ4v) is 2.55. The van der Waals surface area contributed by atoms with Gasteiger partial charge in [-0.3, -0.25) is 29.9 Å². The molecule has 4 amide bonds. The Morgan fingerprint density at radius 3 is 2.71 bits per heavy atom. The van der Waals surface area contributed by atoms with Crippen molar-refractivity contribution in [1.29, 1.82) is 0 Å². The van der Waals surface area contributed by atoms with Crippen LogP contribution in [0.2, 0.25) is 0 Å². The minimum Gasteiger partial charge on any atom is -0.500 e. The lowest BCUT2D eigenvalue weighted by molar-refractivity contribution is -0.386. The minimum absolute atomic E-state index is 0.0483. The van der Waals surface area contributed by atoms with Crippen LogP contribution in [0.4, 0.5) is 10.5 Å². The number of furan rings is 1. The van der Waals surface area contributed by atoms with Crippen molar-refractivity contribution in [3.63, 3.8) is 0 Å². The Kier molecular flexibility index (Phi) is 4.81. The summed E-state index contributed by atoms with van der Waals surface area (Å²) in [4.78, 5) is 47.8. The number of nitro groups is 1. The van der Waals surface area contributed by atoms with Crippen molar-refractivity contribution in [2.24, 2.45) is 0 Å². The maximum Gasteiger partial charge on any atom is 0.331 e. The molecule has 1 fully saturated rings. The summed E-state index contributed by atoms with van der Waals surface area (Å²) in [6.07, 6.45) is 2.43. The van der Waals surface area contributed by atoms with Crippen LogP contribution in [0.3, 0.4) is 0 Å². The van der Waals surface area contributed by atoms with Crippen LogP contribution in [0.5, 0.6) is 11.5 Å². The number of methoxy groups -OCH3 is 1. The molecule has 1 aliphatic heterocycles. The zero-order valence-corrected chi connectivity index (χ0v) is 14.4. The molecular formula is C17H13N3O8. The van der Waals surface area contributed by atoms with E-state index >= 15 is 0 Å². The van der Waals surface area contributed by atoms with Crippen LogP contribution < -0.4 is 10.1 Å². The zero-order valence-electron chi connectivity index (χ0n) is 14.4. The second-order valence-electron chi connectivity index (χ2n) is 5.64. The monoisotopic (exact) mass is 387 g/mol. The molecule has 11 nitrogen and oxygen atoms in total. The lowest BCUT2D eigenvalue weighted by atomic mass is 10.1. The summed E-state index contributed by atoms with van der Waals surface area (Å²) in [5.74, 6) is -2.45. The maximum atomic E-state index is 12.6. The van der Waals surface area contributed by atoms with Gasteiger partial charge in [0.15, 0.2) is 5.75 Å². The van der Waals surface area contributed by atoms with Crippen LogP contribution in [0, 0.1) is 10.1 Å².